The summed E-state index contributed by atoms with van der Waals surface area (Å²) in [5, 5.41) is 4.89. The fraction of sp³-hybridized carbons (Fsp3) is 0. The minimum atomic E-state index is 0.898. The summed E-state index contributed by atoms with van der Waals surface area (Å²) in [5.41, 5.74) is 13.1. The normalized spacial score (nSPS) is 11.9. The van der Waals surface area contributed by atoms with Crippen LogP contribution in [0.4, 0.5) is 0 Å². The summed E-state index contributed by atoms with van der Waals surface area (Å²) in [6.45, 7) is 0. The second kappa shape index (κ2) is 10.6. The molecule has 0 unspecified atom stereocenters. The average Bonchev–Trinajstić information content (AvgIpc) is 3.49. The van der Waals surface area contributed by atoms with Crippen LogP contribution in [-0.4, -0.2) is 4.57 Å². The number of rotatable bonds is 4. The van der Waals surface area contributed by atoms with Crippen LogP contribution in [0, 0.1) is 0 Å². The van der Waals surface area contributed by atoms with Crippen LogP contribution in [0.1, 0.15) is 0 Å². The summed E-state index contributed by atoms with van der Waals surface area (Å²) in [4.78, 5) is 0. The number of ether oxygens (including phenoxy) is 1. The van der Waals surface area contributed by atoms with Gasteiger partial charge in [0, 0.05) is 27.4 Å². The zero-order chi connectivity index (χ0) is 31.6. The Morgan fingerprint density at radius 2 is 0.958 bits per heavy atom. The third-order valence-electron chi connectivity index (χ3n) is 9.82. The zero-order valence-electron chi connectivity index (χ0n) is 26.1. The minimum absolute atomic E-state index is 0.898. The van der Waals surface area contributed by atoms with E-state index >= 15 is 0 Å². The summed E-state index contributed by atoms with van der Waals surface area (Å²) in [6, 6.07) is 63.2. The molecule has 48 heavy (non-hydrogen) atoms. The van der Waals surface area contributed by atoms with Crippen LogP contribution < -0.4 is 4.74 Å². The molecule has 224 valence electrons. The third kappa shape index (κ3) is 4.13. The van der Waals surface area contributed by atoms with Crippen molar-refractivity contribution in [2.75, 3.05) is 0 Å². The molecule has 0 bridgehead atoms. The van der Waals surface area contributed by atoms with Gasteiger partial charge in [-0.2, -0.15) is 0 Å². The first kappa shape index (κ1) is 26.8. The van der Waals surface area contributed by atoms with E-state index < -0.39 is 0 Å². The zero-order valence-corrected chi connectivity index (χ0v) is 26.1. The molecule has 8 aromatic carbocycles. The Labute approximate surface area is 278 Å². The smallest absolute Gasteiger partial charge is 0.135 e. The van der Waals surface area contributed by atoms with Gasteiger partial charge in [-0.3, -0.25) is 0 Å². The second-order valence-electron chi connectivity index (χ2n) is 12.5. The molecule has 0 radical (unpaired) electrons. The highest BCUT2D eigenvalue weighted by atomic mass is 16.5. The molecule has 1 aliphatic rings. The molecular formula is C46H29NO. The van der Waals surface area contributed by atoms with E-state index in [2.05, 4.69) is 180 Å². The Kier molecular flexibility index (Phi) is 5.91. The molecule has 9 aromatic rings. The van der Waals surface area contributed by atoms with Gasteiger partial charge in [-0.25, -0.2) is 0 Å². The maximum Gasteiger partial charge on any atom is 0.135 e. The first-order valence-corrected chi connectivity index (χ1v) is 16.4. The highest BCUT2D eigenvalue weighted by Gasteiger charge is 2.22. The molecule has 0 saturated carbocycles. The maximum atomic E-state index is 6.50. The Hall–Kier alpha value is -6.38. The average molecular weight is 612 g/mol. The molecule has 10 rings (SSSR count). The van der Waals surface area contributed by atoms with Crippen LogP contribution in [0.25, 0.3) is 82.8 Å². The van der Waals surface area contributed by atoms with Crippen molar-refractivity contribution in [2.24, 2.45) is 0 Å². The lowest BCUT2D eigenvalue weighted by molar-refractivity contribution is 0.487. The minimum Gasteiger partial charge on any atom is -0.456 e. The molecule has 0 saturated heterocycles. The number of benzene rings is 8. The number of aromatic nitrogens is 1. The van der Waals surface area contributed by atoms with Gasteiger partial charge in [0.25, 0.3) is 0 Å². The van der Waals surface area contributed by atoms with Gasteiger partial charge < -0.3 is 9.30 Å². The highest BCUT2D eigenvalue weighted by molar-refractivity contribution is 6.11. The summed E-state index contributed by atoms with van der Waals surface area (Å²) in [5.74, 6) is 1.80. The van der Waals surface area contributed by atoms with Crippen molar-refractivity contribution in [2.45, 2.75) is 0 Å². The Balaban J connectivity index is 1.06. The summed E-state index contributed by atoms with van der Waals surface area (Å²) in [6.07, 6.45) is 0. The number of para-hydroxylation sites is 2. The second-order valence-corrected chi connectivity index (χ2v) is 12.5. The van der Waals surface area contributed by atoms with Crippen molar-refractivity contribution >= 4 is 32.6 Å². The molecule has 0 N–H and O–H groups in total. The number of hydrogen-bond acceptors (Lipinski definition) is 1. The highest BCUT2D eigenvalue weighted by Crippen LogP contribution is 2.49. The SMILES string of the molecule is c1ccc(-c2ccc3c(c2)-c2cccc4c(-c5ccc(-c6ccc7c8ccccc8n(-c8ccccc8)c7c6)cc5)ccc(c24)O3)cc1. The van der Waals surface area contributed by atoms with Crippen LogP contribution in [0.3, 0.4) is 0 Å². The molecule has 0 fully saturated rings. The van der Waals surface area contributed by atoms with Gasteiger partial charge >= 0.3 is 0 Å². The third-order valence-corrected chi connectivity index (χ3v) is 9.82. The summed E-state index contributed by atoms with van der Waals surface area (Å²) < 4.78 is 8.88. The van der Waals surface area contributed by atoms with Crippen molar-refractivity contribution in [3.63, 3.8) is 0 Å². The van der Waals surface area contributed by atoms with Crippen molar-refractivity contribution in [1.29, 1.82) is 0 Å². The van der Waals surface area contributed by atoms with Crippen molar-refractivity contribution in [1.82, 2.24) is 4.57 Å². The van der Waals surface area contributed by atoms with Crippen LogP contribution in [0.15, 0.2) is 176 Å². The fourth-order valence-electron chi connectivity index (χ4n) is 7.54. The van der Waals surface area contributed by atoms with Gasteiger partial charge in [-0.05, 0) is 86.8 Å². The Morgan fingerprint density at radius 3 is 1.81 bits per heavy atom. The van der Waals surface area contributed by atoms with E-state index in [1.165, 1.54) is 71.8 Å². The number of hydrogen-bond donors (Lipinski definition) is 0. The van der Waals surface area contributed by atoms with E-state index in [-0.39, 0.29) is 0 Å². The van der Waals surface area contributed by atoms with Crippen molar-refractivity contribution in [3.8, 4) is 61.7 Å². The molecule has 0 spiro atoms. The first-order chi connectivity index (χ1) is 23.8. The lowest BCUT2D eigenvalue weighted by Gasteiger charge is -2.23. The molecule has 0 atom stereocenters. The molecule has 1 aliphatic heterocycles. The Morgan fingerprint density at radius 1 is 0.333 bits per heavy atom. The predicted octanol–water partition coefficient (Wildman–Crippen LogP) is 12.7. The summed E-state index contributed by atoms with van der Waals surface area (Å²) >= 11 is 0. The standard InChI is InChI=1S/C46H29NO/c1-3-10-30(11-4-1)33-23-26-44-41(28-33)40-16-9-15-39-36(25-27-45(48-44)46(39)40)32-20-18-31(19-21-32)34-22-24-38-37-14-7-8-17-42(37)47(43(38)29-34)35-12-5-2-6-13-35/h1-29H. The largest absolute Gasteiger partial charge is 0.456 e. The fourth-order valence-corrected chi connectivity index (χ4v) is 7.54. The molecule has 0 aliphatic carbocycles. The molecule has 2 nitrogen and oxygen atoms in total. The summed E-state index contributed by atoms with van der Waals surface area (Å²) in [7, 11) is 0. The number of nitrogens with zero attached hydrogens (tertiary/aromatic N) is 1. The molecule has 1 aromatic heterocycles. The molecule has 2 heterocycles. The Bertz CT molecular complexity index is 2670. The lowest BCUT2D eigenvalue weighted by atomic mass is 9.89. The van der Waals surface area contributed by atoms with Gasteiger partial charge in [-0.15, -0.1) is 0 Å². The van der Waals surface area contributed by atoms with Crippen molar-refractivity contribution in [3.05, 3.63) is 176 Å². The first-order valence-electron chi connectivity index (χ1n) is 16.4. The van der Waals surface area contributed by atoms with E-state index in [1.807, 2.05) is 0 Å². The molecule has 0 amide bonds. The van der Waals surface area contributed by atoms with Gasteiger partial charge in [0.15, 0.2) is 0 Å². The predicted molar refractivity (Wildman–Crippen MR) is 200 cm³/mol. The van der Waals surface area contributed by atoms with E-state index in [4.69, 9.17) is 4.74 Å². The van der Waals surface area contributed by atoms with Gasteiger partial charge in [-0.1, -0.05) is 133 Å². The topological polar surface area (TPSA) is 14.2 Å². The monoisotopic (exact) mass is 611 g/mol. The maximum absolute atomic E-state index is 6.50. The van der Waals surface area contributed by atoms with Gasteiger partial charge in [0.2, 0.25) is 0 Å². The number of fused-ring (bicyclic) bond motifs is 5. The van der Waals surface area contributed by atoms with Crippen molar-refractivity contribution < 1.29 is 4.74 Å². The van der Waals surface area contributed by atoms with Gasteiger partial charge in [0.05, 0.1) is 11.0 Å². The molecular weight excluding hydrogens is 583 g/mol. The van der Waals surface area contributed by atoms with Crippen LogP contribution >= 0.6 is 0 Å². The van der Waals surface area contributed by atoms with Crippen LogP contribution in [-0.2, 0) is 0 Å². The van der Waals surface area contributed by atoms with E-state index in [1.54, 1.807) is 0 Å². The van der Waals surface area contributed by atoms with Crippen LogP contribution in [0.2, 0.25) is 0 Å². The van der Waals surface area contributed by atoms with E-state index in [0.29, 0.717) is 0 Å². The van der Waals surface area contributed by atoms with E-state index in [0.717, 1.165) is 22.4 Å². The lowest BCUT2D eigenvalue weighted by Crippen LogP contribution is -1.98. The van der Waals surface area contributed by atoms with E-state index in [9.17, 15) is 0 Å². The molecule has 2 heteroatoms. The van der Waals surface area contributed by atoms with Crippen LogP contribution in [0.5, 0.6) is 11.5 Å². The van der Waals surface area contributed by atoms with Gasteiger partial charge in [0.1, 0.15) is 11.5 Å². The quantitative estimate of drug-likeness (QED) is 0.193.